The number of aromatic nitrogens is 2. The van der Waals surface area contributed by atoms with Crippen LogP contribution < -0.4 is 10.6 Å². The third kappa shape index (κ3) is 4.73. The van der Waals surface area contributed by atoms with Crippen LogP contribution in [0, 0.1) is 0 Å². The van der Waals surface area contributed by atoms with E-state index in [1.165, 1.54) is 0 Å². The molecule has 0 spiro atoms. The van der Waals surface area contributed by atoms with Gasteiger partial charge in [-0.3, -0.25) is 4.99 Å². The molecule has 120 valence electrons. The van der Waals surface area contributed by atoms with Gasteiger partial charge in [-0.05, 0) is 26.0 Å². The Balaban J connectivity index is 1.92. The lowest BCUT2D eigenvalue weighted by Crippen LogP contribution is -2.44. The zero-order chi connectivity index (χ0) is 15.8. The quantitative estimate of drug-likeness (QED) is 0.537. The molecule has 0 radical (unpaired) electrons. The molecule has 6 heteroatoms. The fourth-order valence-electron chi connectivity index (χ4n) is 2.24. The molecule has 0 saturated heterocycles. The summed E-state index contributed by atoms with van der Waals surface area (Å²) in [5, 5.41) is 6.55. The average molecular weight is 303 g/mol. The summed E-state index contributed by atoms with van der Waals surface area (Å²) in [6.07, 6.45) is 0.782. The van der Waals surface area contributed by atoms with E-state index in [0.717, 1.165) is 35.8 Å². The zero-order valence-corrected chi connectivity index (χ0v) is 13.5. The number of benzene rings is 1. The van der Waals surface area contributed by atoms with Gasteiger partial charge < -0.3 is 20.4 Å². The van der Waals surface area contributed by atoms with Crippen LogP contribution in [0.2, 0.25) is 0 Å². The van der Waals surface area contributed by atoms with Crippen LogP contribution in [-0.2, 0) is 11.2 Å². The minimum absolute atomic E-state index is 0.217. The van der Waals surface area contributed by atoms with Crippen LogP contribution in [0.25, 0.3) is 11.0 Å². The van der Waals surface area contributed by atoms with Gasteiger partial charge in [0, 0.05) is 32.7 Å². The number of fused-ring (bicyclic) bond motifs is 1. The first-order valence-electron chi connectivity index (χ1n) is 7.70. The molecule has 1 aromatic heterocycles. The van der Waals surface area contributed by atoms with E-state index in [2.05, 4.69) is 39.4 Å². The van der Waals surface area contributed by atoms with Gasteiger partial charge >= 0.3 is 0 Å². The molecule has 1 unspecified atom stereocenters. The number of aliphatic imine (C=N–C) groups is 1. The van der Waals surface area contributed by atoms with Crippen LogP contribution in [0.1, 0.15) is 19.7 Å². The van der Waals surface area contributed by atoms with Crippen molar-refractivity contribution in [2.75, 3.05) is 26.8 Å². The maximum absolute atomic E-state index is 5.13. The fourth-order valence-corrected chi connectivity index (χ4v) is 2.24. The summed E-state index contributed by atoms with van der Waals surface area (Å²) in [6.45, 7) is 6.27. The third-order valence-electron chi connectivity index (χ3n) is 3.20. The molecular formula is C16H25N5O. The summed E-state index contributed by atoms with van der Waals surface area (Å²) in [5.74, 6) is 1.77. The number of ether oxygens (including phenoxy) is 1. The van der Waals surface area contributed by atoms with E-state index in [0.29, 0.717) is 13.2 Å². The summed E-state index contributed by atoms with van der Waals surface area (Å²) < 4.78 is 5.13. The van der Waals surface area contributed by atoms with Gasteiger partial charge in [-0.1, -0.05) is 12.1 Å². The Morgan fingerprint density at radius 2 is 2.23 bits per heavy atom. The van der Waals surface area contributed by atoms with E-state index in [4.69, 9.17) is 4.74 Å². The highest BCUT2D eigenvalue weighted by molar-refractivity contribution is 5.80. The maximum atomic E-state index is 5.13. The van der Waals surface area contributed by atoms with Crippen molar-refractivity contribution in [1.29, 1.82) is 0 Å². The molecule has 1 aromatic carbocycles. The molecular weight excluding hydrogens is 278 g/mol. The summed E-state index contributed by atoms with van der Waals surface area (Å²) >= 11 is 0. The number of guanidine groups is 1. The highest BCUT2D eigenvalue weighted by Crippen LogP contribution is 2.10. The predicted octanol–water partition coefficient (Wildman–Crippen LogP) is 1.70. The van der Waals surface area contributed by atoms with Gasteiger partial charge in [-0.2, -0.15) is 0 Å². The summed E-state index contributed by atoms with van der Waals surface area (Å²) in [5.41, 5.74) is 2.07. The first-order chi connectivity index (χ1) is 10.7. The lowest BCUT2D eigenvalue weighted by Gasteiger charge is -2.16. The van der Waals surface area contributed by atoms with Crippen LogP contribution in [-0.4, -0.2) is 48.8 Å². The normalized spacial score (nSPS) is 13.3. The lowest BCUT2D eigenvalue weighted by atomic mass is 10.3. The standard InChI is InChI=1S/C16H25N5O/c1-4-17-16(19-12(2)11-22-3)18-10-9-15-20-13-7-5-6-8-14(13)21-15/h5-8,12H,4,9-11H2,1-3H3,(H,20,21)(H2,17,18,19). The van der Waals surface area contributed by atoms with Crippen LogP contribution in [0.15, 0.2) is 29.3 Å². The first-order valence-corrected chi connectivity index (χ1v) is 7.70. The number of nitrogens with one attached hydrogen (secondary N) is 3. The molecule has 0 fully saturated rings. The molecule has 6 nitrogen and oxygen atoms in total. The van der Waals surface area contributed by atoms with Gasteiger partial charge in [0.25, 0.3) is 0 Å². The van der Waals surface area contributed by atoms with Crippen LogP contribution in [0.5, 0.6) is 0 Å². The molecule has 0 aliphatic carbocycles. The van der Waals surface area contributed by atoms with Crippen molar-refractivity contribution in [2.45, 2.75) is 26.3 Å². The molecule has 2 rings (SSSR count). The lowest BCUT2D eigenvalue weighted by molar-refractivity contribution is 0.179. The van der Waals surface area contributed by atoms with Crippen molar-refractivity contribution in [3.8, 4) is 0 Å². The van der Waals surface area contributed by atoms with E-state index >= 15 is 0 Å². The third-order valence-corrected chi connectivity index (χ3v) is 3.20. The van der Waals surface area contributed by atoms with Gasteiger partial charge in [0.15, 0.2) is 5.96 Å². The largest absolute Gasteiger partial charge is 0.383 e. The second kappa shape index (κ2) is 8.38. The van der Waals surface area contributed by atoms with Gasteiger partial charge in [0.2, 0.25) is 0 Å². The Bertz CT molecular complexity index is 574. The Labute approximate surface area is 131 Å². The second-order valence-corrected chi connectivity index (χ2v) is 5.21. The Kier molecular flexibility index (Phi) is 6.21. The molecule has 0 amide bonds. The summed E-state index contributed by atoms with van der Waals surface area (Å²) in [6, 6.07) is 8.26. The predicted molar refractivity (Wildman–Crippen MR) is 90.3 cm³/mol. The van der Waals surface area contributed by atoms with Gasteiger partial charge in [0.1, 0.15) is 5.82 Å². The fraction of sp³-hybridized carbons (Fsp3) is 0.500. The van der Waals surface area contributed by atoms with Crippen molar-refractivity contribution in [1.82, 2.24) is 20.6 Å². The minimum atomic E-state index is 0.217. The van der Waals surface area contributed by atoms with E-state index < -0.39 is 0 Å². The van der Waals surface area contributed by atoms with E-state index in [1.54, 1.807) is 7.11 Å². The number of hydrogen-bond acceptors (Lipinski definition) is 3. The molecule has 1 heterocycles. The van der Waals surface area contributed by atoms with Crippen molar-refractivity contribution in [2.24, 2.45) is 4.99 Å². The van der Waals surface area contributed by atoms with Crippen molar-refractivity contribution < 1.29 is 4.74 Å². The SMILES string of the molecule is CCNC(=NCCc1nc2ccccc2[nH]1)NC(C)COC. The van der Waals surface area contributed by atoms with Crippen molar-refractivity contribution >= 4 is 17.0 Å². The minimum Gasteiger partial charge on any atom is -0.383 e. The highest BCUT2D eigenvalue weighted by atomic mass is 16.5. The molecule has 0 saturated carbocycles. The van der Waals surface area contributed by atoms with Crippen LogP contribution >= 0.6 is 0 Å². The number of rotatable bonds is 7. The van der Waals surface area contributed by atoms with E-state index in [9.17, 15) is 0 Å². The second-order valence-electron chi connectivity index (χ2n) is 5.21. The van der Waals surface area contributed by atoms with E-state index in [-0.39, 0.29) is 6.04 Å². The highest BCUT2D eigenvalue weighted by Gasteiger charge is 2.05. The average Bonchev–Trinajstić information content (AvgIpc) is 2.90. The number of hydrogen-bond donors (Lipinski definition) is 3. The van der Waals surface area contributed by atoms with Gasteiger partial charge in [-0.15, -0.1) is 0 Å². The number of aromatic amines is 1. The molecule has 0 aliphatic rings. The maximum Gasteiger partial charge on any atom is 0.191 e. The van der Waals surface area contributed by atoms with Crippen molar-refractivity contribution in [3.63, 3.8) is 0 Å². The van der Waals surface area contributed by atoms with Crippen LogP contribution in [0.3, 0.4) is 0 Å². The zero-order valence-electron chi connectivity index (χ0n) is 13.5. The Hall–Kier alpha value is -2.08. The summed E-state index contributed by atoms with van der Waals surface area (Å²) in [4.78, 5) is 12.5. The molecule has 1 atom stereocenters. The number of imidazole rings is 1. The Morgan fingerprint density at radius 1 is 1.41 bits per heavy atom. The molecule has 22 heavy (non-hydrogen) atoms. The van der Waals surface area contributed by atoms with E-state index in [1.807, 2.05) is 24.3 Å². The number of methoxy groups -OCH3 is 1. The van der Waals surface area contributed by atoms with Gasteiger partial charge in [-0.25, -0.2) is 4.98 Å². The molecule has 0 aliphatic heterocycles. The molecule has 0 bridgehead atoms. The number of H-pyrrole nitrogens is 1. The first kappa shape index (κ1) is 16.3. The van der Waals surface area contributed by atoms with Crippen molar-refractivity contribution in [3.05, 3.63) is 30.1 Å². The monoisotopic (exact) mass is 303 g/mol. The molecule has 2 aromatic rings. The topological polar surface area (TPSA) is 74.3 Å². The van der Waals surface area contributed by atoms with Gasteiger partial charge in [0.05, 0.1) is 17.6 Å². The van der Waals surface area contributed by atoms with Crippen LogP contribution in [0.4, 0.5) is 0 Å². The smallest absolute Gasteiger partial charge is 0.191 e. The number of nitrogens with zero attached hydrogens (tertiary/aromatic N) is 2. The Morgan fingerprint density at radius 3 is 2.95 bits per heavy atom. The number of para-hydroxylation sites is 2. The molecule has 3 N–H and O–H groups in total. The summed E-state index contributed by atoms with van der Waals surface area (Å²) in [7, 11) is 1.70.